The molecule has 0 saturated carbocycles. The molecule has 21 heavy (non-hydrogen) atoms. The first kappa shape index (κ1) is 14.3. The smallest absolute Gasteiger partial charge is 0.317 e. The molecule has 1 N–H and O–H groups in total. The second kappa shape index (κ2) is 6.41. The van der Waals surface area contributed by atoms with Gasteiger partial charge >= 0.3 is 6.03 Å². The normalized spacial score (nSPS) is 18.0. The largest absolute Gasteiger partial charge is 0.381 e. The van der Waals surface area contributed by atoms with Gasteiger partial charge in [-0.25, -0.2) is 9.78 Å². The molecule has 1 atom stereocenters. The van der Waals surface area contributed by atoms with Gasteiger partial charge in [0.1, 0.15) is 5.01 Å². The van der Waals surface area contributed by atoms with E-state index in [9.17, 15) is 4.79 Å². The van der Waals surface area contributed by atoms with Crippen molar-refractivity contribution in [2.45, 2.75) is 13.0 Å². The van der Waals surface area contributed by atoms with E-state index < -0.39 is 0 Å². The summed E-state index contributed by atoms with van der Waals surface area (Å²) >= 11 is 1.63. The van der Waals surface area contributed by atoms with E-state index in [-0.39, 0.29) is 6.03 Å². The van der Waals surface area contributed by atoms with E-state index in [1.54, 1.807) is 23.3 Å². The van der Waals surface area contributed by atoms with Crippen LogP contribution in [0.25, 0.3) is 10.2 Å². The maximum absolute atomic E-state index is 12.1. The molecule has 2 aromatic rings. The van der Waals surface area contributed by atoms with Gasteiger partial charge in [0.15, 0.2) is 0 Å². The van der Waals surface area contributed by atoms with E-state index in [4.69, 9.17) is 4.74 Å². The van der Waals surface area contributed by atoms with Crippen LogP contribution in [0.15, 0.2) is 24.3 Å². The number of benzene rings is 1. The molecular weight excluding hydrogens is 286 g/mol. The van der Waals surface area contributed by atoms with E-state index in [0.717, 1.165) is 34.9 Å². The predicted octanol–water partition coefficient (Wildman–Crippen LogP) is 2.47. The van der Waals surface area contributed by atoms with Gasteiger partial charge in [0.2, 0.25) is 0 Å². The number of thiazole rings is 1. The number of rotatable bonds is 4. The minimum absolute atomic E-state index is 0.0545. The monoisotopic (exact) mass is 305 g/mol. The second-order valence-corrected chi connectivity index (χ2v) is 6.46. The zero-order valence-corrected chi connectivity index (χ0v) is 12.9. The molecule has 5 nitrogen and oxygen atoms in total. The zero-order chi connectivity index (χ0) is 14.7. The van der Waals surface area contributed by atoms with Crippen LogP contribution in [0.4, 0.5) is 4.79 Å². The summed E-state index contributed by atoms with van der Waals surface area (Å²) in [7, 11) is 1.80. The van der Waals surface area contributed by atoms with E-state index in [2.05, 4.69) is 16.4 Å². The highest BCUT2D eigenvalue weighted by Crippen LogP contribution is 2.22. The van der Waals surface area contributed by atoms with Gasteiger partial charge in [0.05, 0.1) is 23.4 Å². The SMILES string of the molecule is CN(Cc1nc2ccccc2s1)C(=O)NCC1CCOC1. The van der Waals surface area contributed by atoms with E-state index in [1.807, 2.05) is 18.2 Å². The Balaban J connectivity index is 1.54. The Hall–Kier alpha value is -1.66. The van der Waals surface area contributed by atoms with Gasteiger partial charge in [0, 0.05) is 26.1 Å². The van der Waals surface area contributed by atoms with Crippen molar-refractivity contribution >= 4 is 27.6 Å². The average Bonchev–Trinajstić information content (AvgIpc) is 3.13. The van der Waals surface area contributed by atoms with Crippen LogP contribution in [-0.4, -0.2) is 42.7 Å². The summed E-state index contributed by atoms with van der Waals surface area (Å²) in [4.78, 5) is 18.3. The Kier molecular flexibility index (Phi) is 4.36. The number of amides is 2. The van der Waals surface area contributed by atoms with Crippen LogP contribution in [0.2, 0.25) is 0 Å². The van der Waals surface area contributed by atoms with Crippen LogP contribution < -0.4 is 5.32 Å². The van der Waals surface area contributed by atoms with Gasteiger partial charge in [-0.15, -0.1) is 11.3 Å². The molecule has 1 aliphatic rings. The van der Waals surface area contributed by atoms with Crippen molar-refractivity contribution in [3.63, 3.8) is 0 Å². The fourth-order valence-electron chi connectivity index (χ4n) is 2.37. The Labute approximate surface area is 127 Å². The lowest BCUT2D eigenvalue weighted by molar-refractivity contribution is 0.182. The van der Waals surface area contributed by atoms with Crippen LogP contribution in [0, 0.1) is 5.92 Å². The van der Waals surface area contributed by atoms with Crippen molar-refractivity contribution in [2.24, 2.45) is 5.92 Å². The van der Waals surface area contributed by atoms with Crippen molar-refractivity contribution in [1.82, 2.24) is 15.2 Å². The lowest BCUT2D eigenvalue weighted by Gasteiger charge is -2.18. The number of carbonyl (C=O) groups is 1. The first-order valence-electron chi connectivity index (χ1n) is 7.13. The number of hydrogen-bond acceptors (Lipinski definition) is 4. The highest BCUT2D eigenvalue weighted by Gasteiger charge is 2.18. The number of fused-ring (bicyclic) bond motifs is 1. The fourth-order valence-corrected chi connectivity index (χ4v) is 3.39. The molecule has 0 bridgehead atoms. The Morgan fingerprint density at radius 3 is 3.14 bits per heavy atom. The summed E-state index contributed by atoms with van der Waals surface area (Å²) in [6, 6.07) is 7.98. The maximum atomic E-state index is 12.1. The minimum Gasteiger partial charge on any atom is -0.381 e. The number of urea groups is 1. The molecule has 0 spiro atoms. The molecule has 1 aliphatic heterocycles. The number of ether oxygens (including phenoxy) is 1. The third kappa shape index (κ3) is 3.51. The molecule has 2 amide bonds. The molecule has 112 valence electrons. The lowest BCUT2D eigenvalue weighted by atomic mass is 10.1. The third-order valence-corrected chi connectivity index (χ3v) is 4.64. The molecule has 1 aromatic carbocycles. The molecule has 6 heteroatoms. The number of carbonyl (C=O) groups excluding carboxylic acids is 1. The van der Waals surface area contributed by atoms with Gasteiger partial charge in [-0.2, -0.15) is 0 Å². The quantitative estimate of drug-likeness (QED) is 0.944. The van der Waals surface area contributed by atoms with E-state index in [1.165, 1.54) is 0 Å². The van der Waals surface area contributed by atoms with Crippen molar-refractivity contribution < 1.29 is 9.53 Å². The topological polar surface area (TPSA) is 54.5 Å². The Morgan fingerprint density at radius 1 is 1.52 bits per heavy atom. The minimum atomic E-state index is -0.0545. The molecule has 0 aliphatic carbocycles. The number of nitrogens with zero attached hydrogens (tertiary/aromatic N) is 2. The summed E-state index contributed by atoms with van der Waals surface area (Å²) in [6.07, 6.45) is 1.03. The number of hydrogen-bond donors (Lipinski definition) is 1. The Morgan fingerprint density at radius 2 is 2.38 bits per heavy atom. The maximum Gasteiger partial charge on any atom is 0.317 e. The second-order valence-electron chi connectivity index (χ2n) is 5.35. The summed E-state index contributed by atoms with van der Waals surface area (Å²) in [5.74, 6) is 0.449. The van der Waals surface area contributed by atoms with Gasteiger partial charge in [-0.05, 0) is 18.6 Å². The molecule has 1 unspecified atom stereocenters. The van der Waals surface area contributed by atoms with Crippen LogP contribution in [0.5, 0.6) is 0 Å². The van der Waals surface area contributed by atoms with Crippen molar-refractivity contribution in [3.05, 3.63) is 29.3 Å². The van der Waals surface area contributed by atoms with Crippen molar-refractivity contribution in [2.75, 3.05) is 26.8 Å². The summed E-state index contributed by atoms with van der Waals surface area (Å²) in [6.45, 7) is 2.78. The summed E-state index contributed by atoms with van der Waals surface area (Å²) < 4.78 is 6.46. The molecule has 3 rings (SSSR count). The highest BCUT2D eigenvalue weighted by molar-refractivity contribution is 7.18. The van der Waals surface area contributed by atoms with Crippen LogP contribution in [0.1, 0.15) is 11.4 Å². The van der Waals surface area contributed by atoms with Gasteiger partial charge in [-0.1, -0.05) is 12.1 Å². The number of aromatic nitrogens is 1. The molecule has 0 radical (unpaired) electrons. The van der Waals surface area contributed by atoms with E-state index >= 15 is 0 Å². The fraction of sp³-hybridized carbons (Fsp3) is 0.467. The number of para-hydroxylation sites is 1. The van der Waals surface area contributed by atoms with Gasteiger partial charge in [-0.3, -0.25) is 0 Å². The number of nitrogens with one attached hydrogen (secondary N) is 1. The van der Waals surface area contributed by atoms with Crippen molar-refractivity contribution in [3.8, 4) is 0 Å². The summed E-state index contributed by atoms with van der Waals surface area (Å²) in [5.41, 5.74) is 0.995. The summed E-state index contributed by atoms with van der Waals surface area (Å²) in [5, 5.41) is 3.92. The molecule has 1 aromatic heterocycles. The van der Waals surface area contributed by atoms with Crippen LogP contribution >= 0.6 is 11.3 Å². The third-order valence-electron chi connectivity index (χ3n) is 3.62. The highest BCUT2D eigenvalue weighted by atomic mass is 32.1. The lowest BCUT2D eigenvalue weighted by Crippen LogP contribution is -2.39. The Bertz CT molecular complexity index is 589. The standard InChI is InChI=1S/C15H19N3O2S/c1-18(15(19)16-8-11-6-7-20-10-11)9-14-17-12-4-2-3-5-13(12)21-14/h2-5,11H,6-10H2,1H3,(H,16,19). The van der Waals surface area contributed by atoms with Gasteiger partial charge < -0.3 is 15.0 Å². The van der Waals surface area contributed by atoms with Crippen molar-refractivity contribution in [1.29, 1.82) is 0 Å². The van der Waals surface area contributed by atoms with Gasteiger partial charge in [0.25, 0.3) is 0 Å². The molecular formula is C15H19N3O2S. The van der Waals surface area contributed by atoms with E-state index in [0.29, 0.717) is 19.0 Å². The first-order chi connectivity index (χ1) is 10.2. The van der Waals surface area contributed by atoms with Crippen LogP contribution in [-0.2, 0) is 11.3 Å². The predicted molar refractivity (Wildman–Crippen MR) is 83.4 cm³/mol. The van der Waals surface area contributed by atoms with Crippen LogP contribution in [0.3, 0.4) is 0 Å². The molecule has 1 saturated heterocycles. The average molecular weight is 305 g/mol. The first-order valence-corrected chi connectivity index (χ1v) is 7.95. The zero-order valence-electron chi connectivity index (χ0n) is 12.0. The molecule has 1 fully saturated rings. The molecule has 2 heterocycles.